The second-order valence-electron chi connectivity index (χ2n) is 5.37. The highest BCUT2D eigenvalue weighted by Crippen LogP contribution is 2.14. The first kappa shape index (κ1) is 16.2. The maximum absolute atomic E-state index is 11.9. The fourth-order valence-corrected chi connectivity index (χ4v) is 1.97. The van der Waals surface area contributed by atoms with Gasteiger partial charge in [-0.1, -0.05) is 19.0 Å². The number of aliphatic hydroxyl groups is 1. The molecule has 0 aromatic carbocycles. The van der Waals surface area contributed by atoms with Crippen LogP contribution in [0.5, 0.6) is 0 Å². The van der Waals surface area contributed by atoms with Crippen LogP contribution in [0.25, 0.3) is 0 Å². The van der Waals surface area contributed by atoms with Crippen LogP contribution in [0.1, 0.15) is 56.1 Å². The molecule has 2 heterocycles. The van der Waals surface area contributed by atoms with Gasteiger partial charge in [0.15, 0.2) is 5.82 Å². The van der Waals surface area contributed by atoms with Crippen LogP contribution < -0.4 is 5.32 Å². The number of rotatable bonds is 8. The summed E-state index contributed by atoms with van der Waals surface area (Å²) in [6.45, 7) is 3.78. The maximum Gasteiger partial charge on any atom is 0.226 e. The van der Waals surface area contributed by atoms with Gasteiger partial charge < -0.3 is 19.4 Å². The van der Waals surface area contributed by atoms with Gasteiger partial charge in [0, 0.05) is 18.8 Å². The Morgan fingerprint density at radius 3 is 2.86 bits per heavy atom. The normalized spacial score (nSPS) is 12.5. The molecule has 0 aliphatic rings. The van der Waals surface area contributed by atoms with E-state index >= 15 is 0 Å². The average molecular weight is 307 g/mol. The van der Waals surface area contributed by atoms with E-state index in [1.165, 1.54) is 6.26 Å². The molecule has 7 nitrogen and oxygen atoms in total. The molecule has 0 fully saturated rings. The molecule has 2 N–H and O–H groups in total. The van der Waals surface area contributed by atoms with Crippen molar-refractivity contribution >= 4 is 5.91 Å². The number of aromatic nitrogens is 2. The van der Waals surface area contributed by atoms with E-state index in [0.717, 1.165) is 0 Å². The summed E-state index contributed by atoms with van der Waals surface area (Å²) in [7, 11) is 0. The van der Waals surface area contributed by atoms with Crippen molar-refractivity contribution in [2.75, 3.05) is 6.61 Å². The molecule has 120 valence electrons. The Balaban J connectivity index is 1.75. The van der Waals surface area contributed by atoms with E-state index in [1.54, 1.807) is 12.1 Å². The number of nitrogens with one attached hydrogen (secondary N) is 1. The molecule has 0 saturated carbocycles. The smallest absolute Gasteiger partial charge is 0.226 e. The summed E-state index contributed by atoms with van der Waals surface area (Å²) >= 11 is 0. The van der Waals surface area contributed by atoms with Crippen LogP contribution in [-0.4, -0.2) is 27.8 Å². The minimum atomic E-state index is -0.515. The third-order valence-electron chi connectivity index (χ3n) is 3.20. The lowest BCUT2D eigenvalue weighted by Gasteiger charge is -2.13. The number of aryl methyl sites for hydroxylation is 1. The van der Waals surface area contributed by atoms with Gasteiger partial charge in [-0.3, -0.25) is 4.79 Å². The number of hydrogen-bond acceptors (Lipinski definition) is 6. The molecular formula is C15H21N3O4. The van der Waals surface area contributed by atoms with Gasteiger partial charge in [0.1, 0.15) is 11.8 Å². The van der Waals surface area contributed by atoms with Crippen LogP contribution in [0.4, 0.5) is 0 Å². The zero-order chi connectivity index (χ0) is 15.9. The lowest BCUT2D eigenvalue weighted by atomic mass is 10.2. The Kier molecular flexibility index (Phi) is 5.71. The van der Waals surface area contributed by atoms with Gasteiger partial charge in [-0.05, 0) is 18.6 Å². The molecule has 0 aliphatic heterocycles. The average Bonchev–Trinajstić information content (AvgIpc) is 3.16. The monoisotopic (exact) mass is 307 g/mol. The fraction of sp³-hybridized carbons (Fsp3) is 0.533. The summed E-state index contributed by atoms with van der Waals surface area (Å²) in [6.07, 6.45) is 2.97. The van der Waals surface area contributed by atoms with Crippen LogP contribution in [0.15, 0.2) is 27.3 Å². The number of carbonyl (C=O) groups excluding carboxylic acids is 1. The first-order valence-electron chi connectivity index (χ1n) is 7.36. The van der Waals surface area contributed by atoms with Crippen molar-refractivity contribution in [2.24, 2.45) is 0 Å². The molecular weight excluding hydrogens is 286 g/mol. The van der Waals surface area contributed by atoms with Crippen molar-refractivity contribution in [3.63, 3.8) is 0 Å². The highest BCUT2D eigenvalue weighted by molar-refractivity contribution is 5.76. The second kappa shape index (κ2) is 7.74. The molecule has 1 atom stereocenters. The summed E-state index contributed by atoms with van der Waals surface area (Å²) in [6, 6.07) is 2.91. The Bertz CT molecular complexity index is 577. The van der Waals surface area contributed by atoms with Gasteiger partial charge in [-0.25, -0.2) is 0 Å². The van der Waals surface area contributed by atoms with Crippen molar-refractivity contribution in [1.82, 2.24) is 15.5 Å². The minimum absolute atomic E-state index is 0.154. The van der Waals surface area contributed by atoms with E-state index in [-0.39, 0.29) is 18.4 Å². The van der Waals surface area contributed by atoms with Gasteiger partial charge >= 0.3 is 0 Å². The Morgan fingerprint density at radius 2 is 2.27 bits per heavy atom. The summed E-state index contributed by atoms with van der Waals surface area (Å²) in [4.78, 5) is 16.1. The number of furan rings is 1. The number of nitrogens with zero attached hydrogens (tertiary/aromatic N) is 2. The maximum atomic E-state index is 11.9. The zero-order valence-corrected chi connectivity index (χ0v) is 12.8. The predicted molar refractivity (Wildman–Crippen MR) is 78.0 cm³/mol. The van der Waals surface area contributed by atoms with E-state index in [2.05, 4.69) is 15.5 Å². The summed E-state index contributed by atoms with van der Waals surface area (Å²) in [5.74, 6) is 1.83. The predicted octanol–water partition coefficient (Wildman–Crippen LogP) is 1.96. The largest absolute Gasteiger partial charge is 0.467 e. The lowest BCUT2D eigenvalue weighted by Crippen LogP contribution is -2.30. The molecule has 1 amide bonds. The van der Waals surface area contributed by atoms with Gasteiger partial charge in [-0.15, -0.1) is 0 Å². The molecule has 2 rings (SSSR count). The summed E-state index contributed by atoms with van der Waals surface area (Å²) < 4.78 is 10.3. The molecule has 2 aromatic heterocycles. The third kappa shape index (κ3) is 4.42. The standard InChI is InChI=1S/C15H21N3O4/c1-10(2)15-17-14(22-18-15)7-3-6-13(20)16-11(9-19)12-5-4-8-21-12/h4-5,8,10-11,19H,3,6-7,9H2,1-2H3,(H,16,20). The van der Waals surface area contributed by atoms with Crippen LogP contribution in [-0.2, 0) is 11.2 Å². The fourth-order valence-electron chi connectivity index (χ4n) is 1.97. The van der Waals surface area contributed by atoms with Gasteiger partial charge in [0.2, 0.25) is 11.8 Å². The topological polar surface area (TPSA) is 101 Å². The molecule has 0 saturated heterocycles. The van der Waals surface area contributed by atoms with E-state index in [9.17, 15) is 9.90 Å². The van der Waals surface area contributed by atoms with Crippen molar-refractivity contribution in [3.8, 4) is 0 Å². The summed E-state index contributed by atoms with van der Waals surface area (Å²) in [5.41, 5.74) is 0. The molecule has 0 aliphatic carbocycles. The van der Waals surface area contributed by atoms with Crippen LogP contribution in [0, 0.1) is 0 Å². The van der Waals surface area contributed by atoms with Crippen LogP contribution in [0.2, 0.25) is 0 Å². The number of amides is 1. The highest BCUT2D eigenvalue weighted by atomic mass is 16.5. The van der Waals surface area contributed by atoms with E-state index < -0.39 is 6.04 Å². The van der Waals surface area contributed by atoms with E-state index in [0.29, 0.717) is 36.7 Å². The molecule has 0 spiro atoms. The van der Waals surface area contributed by atoms with Gasteiger partial charge in [-0.2, -0.15) is 4.98 Å². The Hall–Kier alpha value is -2.15. The molecule has 2 aromatic rings. The van der Waals surface area contributed by atoms with E-state index in [4.69, 9.17) is 8.94 Å². The SMILES string of the molecule is CC(C)c1noc(CCCC(=O)NC(CO)c2ccco2)n1. The minimum Gasteiger partial charge on any atom is -0.467 e. The number of carbonyl (C=O) groups is 1. The summed E-state index contributed by atoms with van der Waals surface area (Å²) in [5, 5.41) is 15.9. The second-order valence-corrected chi connectivity index (χ2v) is 5.37. The third-order valence-corrected chi connectivity index (χ3v) is 3.20. The van der Waals surface area contributed by atoms with Crippen molar-refractivity contribution in [2.45, 2.75) is 45.1 Å². The molecule has 0 radical (unpaired) electrons. The first-order valence-corrected chi connectivity index (χ1v) is 7.36. The van der Waals surface area contributed by atoms with Crippen LogP contribution >= 0.6 is 0 Å². The number of hydrogen-bond donors (Lipinski definition) is 2. The van der Waals surface area contributed by atoms with Gasteiger partial charge in [0.25, 0.3) is 0 Å². The van der Waals surface area contributed by atoms with Crippen LogP contribution in [0.3, 0.4) is 0 Å². The van der Waals surface area contributed by atoms with Crippen molar-refractivity contribution in [3.05, 3.63) is 35.9 Å². The highest BCUT2D eigenvalue weighted by Gasteiger charge is 2.16. The van der Waals surface area contributed by atoms with Crippen molar-refractivity contribution < 1.29 is 18.8 Å². The quantitative estimate of drug-likeness (QED) is 0.773. The first-order chi connectivity index (χ1) is 10.6. The number of aliphatic hydroxyl groups excluding tert-OH is 1. The molecule has 1 unspecified atom stereocenters. The molecule has 22 heavy (non-hydrogen) atoms. The molecule has 0 bridgehead atoms. The lowest BCUT2D eigenvalue weighted by molar-refractivity contribution is -0.122. The zero-order valence-electron chi connectivity index (χ0n) is 12.8. The Morgan fingerprint density at radius 1 is 1.45 bits per heavy atom. The van der Waals surface area contributed by atoms with Gasteiger partial charge in [0.05, 0.1) is 12.9 Å². The molecule has 7 heteroatoms. The Labute approximate surface area is 128 Å². The van der Waals surface area contributed by atoms with E-state index in [1.807, 2.05) is 13.8 Å². The van der Waals surface area contributed by atoms with Crippen molar-refractivity contribution in [1.29, 1.82) is 0 Å².